The van der Waals surface area contributed by atoms with E-state index in [0.29, 0.717) is 30.5 Å². The van der Waals surface area contributed by atoms with E-state index in [1.807, 2.05) is 19.1 Å². The Hall–Kier alpha value is -2.40. The fourth-order valence-electron chi connectivity index (χ4n) is 3.69. The molecular formula is C19H23NO4. The Kier molecular flexibility index (Phi) is 5.24. The van der Waals surface area contributed by atoms with Crippen LogP contribution in [0.5, 0.6) is 0 Å². The van der Waals surface area contributed by atoms with Crippen LogP contribution >= 0.6 is 0 Å². The summed E-state index contributed by atoms with van der Waals surface area (Å²) >= 11 is 0. The molecule has 5 nitrogen and oxygen atoms in total. The molecule has 1 aromatic rings. The third-order valence-electron chi connectivity index (χ3n) is 4.87. The minimum Gasteiger partial charge on any atom is -0.480 e. The molecule has 2 unspecified atom stereocenters. The summed E-state index contributed by atoms with van der Waals surface area (Å²) in [5.41, 5.74) is 6.60. The zero-order chi connectivity index (χ0) is 17.9. The highest BCUT2D eigenvalue weighted by Gasteiger charge is 2.51. The topological polar surface area (TPSA) is 101 Å². The molecule has 0 heterocycles. The van der Waals surface area contributed by atoms with Crippen LogP contribution in [0.3, 0.4) is 0 Å². The van der Waals surface area contributed by atoms with Gasteiger partial charge in [0.25, 0.3) is 0 Å². The normalized spacial score (nSPS) is 23.4. The van der Waals surface area contributed by atoms with Crippen molar-refractivity contribution in [1.82, 2.24) is 0 Å². The molecule has 128 valence electrons. The number of hydrogen-bond donors (Lipinski definition) is 3. The number of carboxylic acids is 2. The first-order valence-electron chi connectivity index (χ1n) is 8.04. The van der Waals surface area contributed by atoms with E-state index < -0.39 is 23.3 Å². The number of carbonyl (C=O) groups is 2. The second kappa shape index (κ2) is 7.01. The molecule has 0 fully saturated rings. The number of nitrogens with two attached hydrogens (primary N) is 1. The molecule has 2 atom stereocenters. The lowest BCUT2D eigenvalue weighted by Crippen LogP contribution is -2.47. The van der Waals surface area contributed by atoms with Crippen LogP contribution in [0.4, 0.5) is 0 Å². The predicted molar refractivity (Wildman–Crippen MR) is 91.8 cm³/mol. The van der Waals surface area contributed by atoms with Crippen LogP contribution in [0.2, 0.25) is 0 Å². The predicted octanol–water partition coefficient (Wildman–Crippen LogP) is 2.51. The van der Waals surface area contributed by atoms with Gasteiger partial charge in [-0.05, 0) is 37.4 Å². The first-order chi connectivity index (χ1) is 11.4. The quantitative estimate of drug-likeness (QED) is 0.744. The van der Waals surface area contributed by atoms with Gasteiger partial charge in [-0.1, -0.05) is 48.9 Å². The Morgan fingerprint density at radius 2 is 1.79 bits per heavy atom. The monoisotopic (exact) mass is 329 g/mol. The molecule has 1 aromatic carbocycles. The SMILES string of the molecule is CCC1C(C(=O)O)=CC=C(C)C1(C(=O)O)c1ccc(CCN)cc1. The summed E-state index contributed by atoms with van der Waals surface area (Å²) in [5.74, 6) is -2.73. The van der Waals surface area contributed by atoms with Crippen molar-refractivity contribution in [3.8, 4) is 0 Å². The molecule has 0 saturated heterocycles. The van der Waals surface area contributed by atoms with Crippen LogP contribution in [0.15, 0.2) is 47.6 Å². The highest BCUT2D eigenvalue weighted by molar-refractivity contribution is 5.94. The maximum atomic E-state index is 12.4. The first kappa shape index (κ1) is 17.9. The van der Waals surface area contributed by atoms with E-state index in [-0.39, 0.29) is 5.57 Å². The Morgan fingerprint density at radius 3 is 2.25 bits per heavy atom. The number of hydrogen-bond acceptors (Lipinski definition) is 3. The third kappa shape index (κ3) is 2.76. The molecule has 24 heavy (non-hydrogen) atoms. The maximum absolute atomic E-state index is 12.4. The van der Waals surface area contributed by atoms with Gasteiger partial charge in [0.2, 0.25) is 0 Å². The number of rotatable bonds is 6. The molecule has 0 saturated carbocycles. The number of allylic oxidation sites excluding steroid dienone is 2. The van der Waals surface area contributed by atoms with E-state index in [1.54, 1.807) is 25.1 Å². The number of benzene rings is 1. The highest BCUT2D eigenvalue weighted by atomic mass is 16.4. The average molecular weight is 329 g/mol. The minimum atomic E-state index is -1.36. The van der Waals surface area contributed by atoms with Gasteiger partial charge in [0.05, 0.1) is 0 Å². The molecule has 0 aromatic heterocycles. The van der Waals surface area contributed by atoms with E-state index >= 15 is 0 Å². The number of carboxylic acid groups (broad SMARTS) is 2. The zero-order valence-electron chi connectivity index (χ0n) is 14.0. The van der Waals surface area contributed by atoms with Crippen LogP contribution in [0, 0.1) is 5.92 Å². The van der Waals surface area contributed by atoms with Gasteiger partial charge in [-0.2, -0.15) is 0 Å². The van der Waals surface area contributed by atoms with Crippen LogP contribution in [-0.2, 0) is 21.4 Å². The summed E-state index contributed by atoms with van der Waals surface area (Å²) in [5, 5.41) is 19.6. The molecule has 0 aliphatic heterocycles. The van der Waals surface area contributed by atoms with Gasteiger partial charge in [0.15, 0.2) is 0 Å². The van der Waals surface area contributed by atoms with Gasteiger partial charge in [-0.3, -0.25) is 4.79 Å². The lowest BCUT2D eigenvalue weighted by atomic mass is 9.60. The molecule has 0 radical (unpaired) electrons. The molecule has 0 spiro atoms. The van der Waals surface area contributed by atoms with Crippen molar-refractivity contribution < 1.29 is 19.8 Å². The Morgan fingerprint density at radius 1 is 1.17 bits per heavy atom. The molecule has 5 heteroatoms. The molecule has 0 amide bonds. The summed E-state index contributed by atoms with van der Waals surface area (Å²) in [6.07, 6.45) is 4.26. The average Bonchev–Trinajstić information content (AvgIpc) is 2.55. The van der Waals surface area contributed by atoms with E-state index in [4.69, 9.17) is 5.73 Å². The van der Waals surface area contributed by atoms with Crippen molar-refractivity contribution in [1.29, 1.82) is 0 Å². The summed E-state index contributed by atoms with van der Waals surface area (Å²) < 4.78 is 0. The fourth-order valence-corrected chi connectivity index (χ4v) is 3.69. The van der Waals surface area contributed by atoms with Crippen LogP contribution < -0.4 is 5.73 Å². The lowest BCUT2D eigenvalue weighted by molar-refractivity contribution is -0.144. The summed E-state index contributed by atoms with van der Waals surface area (Å²) in [6.45, 7) is 4.09. The summed E-state index contributed by atoms with van der Waals surface area (Å²) in [6, 6.07) is 7.30. The maximum Gasteiger partial charge on any atom is 0.331 e. The van der Waals surface area contributed by atoms with E-state index in [2.05, 4.69) is 0 Å². The van der Waals surface area contributed by atoms with Gasteiger partial charge >= 0.3 is 11.9 Å². The van der Waals surface area contributed by atoms with Crippen LogP contribution in [-0.4, -0.2) is 28.7 Å². The van der Waals surface area contributed by atoms with Gasteiger partial charge in [0.1, 0.15) is 5.41 Å². The van der Waals surface area contributed by atoms with E-state index in [1.165, 1.54) is 6.08 Å². The van der Waals surface area contributed by atoms with E-state index in [9.17, 15) is 19.8 Å². The van der Waals surface area contributed by atoms with Gasteiger partial charge in [0, 0.05) is 11.5 Å². The van der Waals surface area contributed by atoms with Gasteiger partial charge in [-0.25, -0.2) is 4.79 Å². The van der Waals surface area contributed by atoms with Crippen molar-refractivity contribution in [2.45, 2.75) is 32.1 Å². The van der Waals surface area contributed by atoms with Crippen LogP contribution in [0.1, 0.15) is 31.4 Å². The van der Waals surface area contributed by atoms with Gasteiger partial charge < -0.3 is 15.9 Å². The van der Waals surface area contributed by atoms with Crippen molar-refractivity contribution in [3.63, 3.8) is 0 Å². The standard InChI is InChI=1S/C19H23NO4/c1-3-16-15(17(21)22)9-4-12(2)19(16,18(23)24)14-7-5-13(6-8-14)10-11-20/h4-9,16H,3,10-11,20H2,1-2H3,(H,21,22)(H,23,24). The molecular weight excluding hydrogens is 306 g/mol. The van der Waals surface area contributed by atoms with Gasteiger partial charge in [-0.15, -0.1) is 0 Å². The Balaban J connectivity index is 2.65. The second-order valence-electron chi connectivity index (χ2n) is 6.09. The molecule has 4 N–H and O–H groups in total. The Bertz CT molecular complexity index is 703. The smallest absolute Gasteiger partial charge is 0.331 e. The van der Waals surface area contributed by atoms with E-state index in [0.717, 1.165) is 5.56 Å². The minimum absolute atomic E-state index is 0.136. The number of aliphatic carboxylic acids is 2. The molecule has 2 rings (SSSR count). The highest BCUT2D eigenvalue weighted by Crippen LogP contribution is 2.47. The van der Waals surface area contributed by atoms with Crippen molar-refractivity contribution in [3.05, 3.63) is 58.7 Å². The third-order valence-corrected chi connectivity index (χ3v) is 4.87. The first-order valence-corrected chi connectivity index (χ1v) is 8.04. The van der Waals surface area contributed by atoms with Crippen LogP contribution in [0.25, 0.3) is 0 Å². The molecule has 0 bridgehead atoms. The lowest BCUT2D eigenvalue weighted by Gasteiger charge is -2.40. The zero-order valence-corrected chi connectivity index (χ0v) is 14.0. The second-order valence-corrected chi connectivity index (χ2v) is 6.09. The fraction of sp³-hybridized carbons (Fsp3) is 0.368. The Labute approximate surface area is 141 Å². The summed E-state index contributed by atoms with van der Waals surface area (Å²) in [4.78, 5) is 24.0. The molecule has 1 aliphatic rings. The largest absolute Gasteiger partial charge is 0.480 e. The van der Waals surface area contributed by atoms with Crippen molar-refractivity contribution in [2.75, 3.05) is 6.54 Å². The molecule has 1 aliphatic carbocycles. The summed E-state index contributed by atoms with van der Waals surface area (Å²) in [7, 11) is 0. The van der Waals surface area contributed by atoms with Crippen molar-refractivity contribution >= 4 is 11.9 Å². The van der Waals surface area contributed by atoms with Crippen molar-refractivity contribution in [2.24, 2.45) is 11.7 Å².